The van der Waals surface area contributed by atoms with Crippen LogP contribution in [0.1, 0.15) is 32.8 Å². The van der Waals surface area contributed by atoms with Gasteiger partial charge in [-0.2, -0.15) is 5.26 Å². The smallest absolute Gasteiger partial charge is 0.226 e. The quantitative estimate of drug-likeness (QED) is 0.758. The van der Waals surface area contributed by atoms with Crippen LogP contribution in [-0.2, 0) is 9.59 Å². The van der Waals surface area contributed by atoms with Gasteiger partial charge in [-0.25, -0.2) is 0 Å². The average Bonchev–Trinajstić information content (AvgIpc) is 2.70. The summed E-state index contributed by atoms with van der Waals surface area (Å²) in [6.07, 6.45) is 0.136. The van der Waals surface area contributed by atoms with Crippen LogP contribution in [0.5, 0.6) is 0 Å². The number of nitrogens with zero attached hydrogens (tertiary/aromatic N) is 3. The van der Waals surface area contributed by atoms with Gasteiger partial charge in [0.2, 0.25) is 11.8 Å². The number of hydrogen-bond acceptors (Lipinski definition) is 4. The number of benzene rings is 2. The zero-order chi connectivity index (χ0) is 20.5. The molecule has 0 aliphatic carbocycles. The van der Waals surface area contributed by atoms with E-state index in [1.807, 2.05) is 24.3 Å². The number of hydrogen-bond donors (Lipinski definition) is 1. The van der Waals surface area contributed by atoms with Crippen LogP contribution in [-0.4, -0.2) is 31.4 Å². The van der Waals surface area contributed by atoms with Crippen molar-refractivity contribution < 1.29 is 9.59 Å². The highest BCUT2D eigenvalue weighted by atomic mass is 16.2. The SMILES string of the molecule is CCN(CC)c1ccc(N(CCC(=O)Nc2ccccc2C#N)C(C)=O)cc1. The first-order chi connectivity index (χ1) is 13.5. The summed E-state index contributed by atoms with van der Waals surface area (Å²) in [5.41, 5.74) is 2.75. The normalized spacial score (nSPS) is 10.1. The average molecular weight is 378 g/mol. The minimum atomic E-state index is -0.242. The largest absolute Gasteiger partial charge is 0.372 e. The van der Waals surface area contributed by atoms with Crippen molar-refractivity contribution in [2.24, 2.45) is 0 Å². The molecule has 0 bridgehead atoms. The number of nitriles is 1. The molecule has 0 aliphatic rings. The number of rotatable bonds is 8. The van der Waals surface area contributed by atoms with E-state index in [9.17, 15) is 9.59 Å². The predicted octanol–water partition coefficient (Wildman–Crippen LogP) is 3.79. The fourth-order valence-electron chi connectivity index (χ4n) is 3.02. The number of nitrogens with one attached hydrogen (secondary N) is 1. The first-order valence-electron chi connectivity index (χ1n) is 9.42. The zero-order valence-corrected chi connectivity index (χ0v) is 16.6. The molecular weight excluding hydrogens is 352 g/mol. The summed E-state index contributed by atoms with van der Waals surface area (Å²) in [7, 11) is 0. The van der Waals surface area contributed by atoms with Crippen molar-refractivity contribution in [2.75, 3.05) is 34.8 Å². The Kier molecular flexibility index (Phi) is 7.58. The van der Waals surface area contributed by atoms with E-state index >= 15 is 0 Å². The van der Waals surface area contributed by atoms with Crippen LogP contribution in [0.25, 0.3) is 0 Å². The highest BCUT2D eigenvalue weighted by Gasteiger charge is 2.15. The van der Waals surface area contributed by atoms with E-state index in [4.69, 9.17) is 5.26 Å². The molecule has 28 heavy (non-hydrogen) atoms. The number of para-hydroxylation sites is 1. The van der Waals surface area contributed by atoms with Gasteiger partial charge < -0.3 is 15.1 Å². The van der Waals surface area contributed by atoms with E-state index in [1.165, 1.54) is 6.92 Å². The van der Waals surface area contributed by atoms with Crippen molar-refractivity contribution in [3.63, 3.8) is 0 Å². The Balaban J connectivity index is 2.04. The lowest BCUT2D eigenvalue weighted by Crippen LogP contribution is -2.32. The third-order valence-electron chi connectivity index (χ3n) is 4.55. The highest BCUT2D eigenvalue weighted by Crippen LogP contribution is 2.21. The van der Waals surface area contributed by atoms with E-state index < -0.39 is 0 Å². The third kappa shape index (κ3) is 5.34. The molecule has 1 N–H and O–H groups in total. The summed E-state index contributed by atoms with van der Waals surface area (Å²) in [4.78, 5) is 28.2. The maximum atomic E-state index is 12.3. The molecule has 146 valence electrons. The van der Waals surface area contributed by atoms with Gasteiger partial charge >= 0.3 is 0 Å². The molecule has 2 aromatic carbocycles. The van der Waals surface area contributed by atoms with Crippen molar-refractivity contribution in [3.05, 3.63) is 54.1 Å². The highest BCUT2D eigenvalue weighted by molar-refractivity contribution is 5.95. The number of carbonyl (C=O) groups is 2. The van der Waals surface area contributed by atoms with E-state index in [0.29, 0.717) is 11.3 Å². The molecule has 0 saturated carbocycles. The van der Waals surface area contributed by atoms with Gasteiger partial charge in [0, 0.05) is 44.4 Å². The monoisotopic (exact) mass is 378 g/mol. The lowest BCUT2D eigenvalue weighted by atomic mass is 10.2. The van der Waals surface area contributed by atoms with Crippen LogP contribution in [0.2, 0.25) is 0 Å². The van der Waals surface area contributed by atoms with Gasteiger partial charge in [-0.15, -0.1) is 0 Å². The molecule has 0 fully saturated rings. The molecule has 0 spiro atoms. The maximum Gasteiger partial charge on any atom is 0.226 e. The van der Waals surface area contributed by atoms with Gasteiger partial charge in [0.15, 0.2) is 0 Å². The fraction of sp³-hybridized carbons (Fsp3) is 0.318. The Bertz CT molecular complexity index is 852. The Hall–Kier alpha value is -3.33. The second kappa shape index (κ2) is 10.1. The first-order valence-corrected chi connectivity index (χ1v) is 9.42. The third-order valence-corrected chi connectivity index (χ3v) is 4.55. The summed E-state index contributed by atoms with van der Waals surface area (Å²) in [5, 5.41) is 11.9. The van der Waals surface area contributed by atoms with Gasteiger partial charge in [-0.1, -0.05) is 12.1 Å². The van der Waals surface area contributed by atoms with Crippen LogP contribution < -0.4 is 15.1 Å². The number of anilines is 3. The fourth-order valence-corrected chi connectivity index (χ4v) is 3.02. The van der Waals surface area contributed by atoms with Crippen LogP contribution in [0, 0.1) is 11.3 Å². The Morgan fingerprint density at radius 2 is 1.61 bits per heavy atom. The Morgan fingerprint density at radius 3 is 2.18 bits per heavy atom. The molecule has 6 nitrogen and oxygen atoms in total. The van der Waals surface area contributed by atoms with E-state index in [-0.39, 0.29) is 24.8 Å². The number of amides is 2. The first kappa shape index (κ1) is 21.0. The Morgan fingerprint density at radius 1 is 1.00 bits per heavy atom. The van der Waals surface area contributed by atoms with Crippen LogP contribution in [0.15, 0.2) is 48.5 Å². The molecule has 2 amide bonds. The molecule has 6 heteroatoms. The van der Waals surface area contributed by atoms with E-state index in [1.54, 1.807) is 29.2 Å². The minimum absolute atomic E-state index is 0.124. The second-order valence-corrected chi connectivity index (χ2v) is 6.31. The predicted molar refractivity (Wildman–Crippen MR) is 112 cm³/mol. The van der Waals surface area contributed by atoms with Crippen molar-refractivity contribution in [2.45, 2.75) is 27.2 Å². The number of carbonyl (C=O) groups excluding carboxylic acids is 2. The molecule has 2 rings (SSSR count). The van der Waals surface area contributed by atoms with Crippen molar-refractivity contribution >= 4 is 28.9 Å². The van der Waals surface area contributed by atoms with Gasteiger partial charge in [0.1, 0.15) is 6.07 Å². The Labute approximate surface area is 166 Å². The van der Waals surface area contributed by atoms with Gasteiger partial charge in [-0.3, -0.25) is 9.59 Å². The molecule has 0 radical (unpaired) electrons. The van der Waals surface area contributed by atoms with Gasteiger partial charge in [0.05, 0.1) is 11.3 Å². The van der Waals surface area contributed by atoms with Crippen molar-refractivity contribution in [1.82, 2.24) is 0 Å². The summed E-state index contributed by atoms with van der Waals surface area (Å²) in [6.45, 7) is 7.78. The minimum Gasteiger partial charge on any atom is -0.372 e. The van der Waals surface area contributed by atoms with Crippen LogP contribution >= 0.6 is 0 Å². The molecule has 0 aromatic heterocycles. The van der Waals surface area contributed by atoms with E-state index in [0.717, 1.165) is 24.5 Å². The lowest BCUT2D eigenvalue weighted by molar-refractivity contribution is -0.117. The molecule has 0 heterocycles. The van der Waals surface area contributed by atoms with Crippen molar-refractivity contribution in [3.8, 4) is 6.07 Å². The summed E-state index contributed by atoms with van der Waals surface area (Å²) >= 11 is 0. The van der Waals surface area contributed by atoms with Gasteiger partial charge in [0.25, 0.3) is 0 Å². The zero-order valence-electron chi connectivity index (χ0n) is 16.6. The molecular formula is C22H26N4O2. The van der Waals surface area contributed by atoms with E-state index in [2.05, 4.69) is 30.1 Å². The molecule has 0 atom stereocenters. The van der Waals surface area contributed by atoms with Gasteiger partial charge in [-0.05, 0) is 50.2 Å². The standard InChI is InChI=1S/C22H26N4O2/c1-4-25(5-2)19-10-12-20(13-11-19)26(17(3)27)15-14-22(28)24-21-9-7-6-8-18(21)16-23/h6-13H,4-5,14-15H2,1-3H3,(H,24,28). The topological polar surface area (TPSA) is 76.4 Å². The molecule has 2 aromatic rings. The maximum absolute atomic E-state index is 12.3. The summed E-state index contributed by atoms with van der Waals surface area (Å²) in [5.74, 6) is -0.366. The van der Waals surface area contributed by atoms with Crippen LogP contribution in [0.4, 0.5) is 17.1 Å². The summed E-state index contributed by atoms with van der Waals surface area (Å²) in [6, 6.07) is 16.7. The molecule has 0 saturated heterocycles. The lowest BCUT2D eigenvalue weighted by Gasteiger charge is -2.24. The molecule has 0 aliphatic heterocycles. The van der Waals surface area contributed by atoms with Crippen LogP contribution in [0.3, 0.4) is 0 Å². The second-order valence-electron chi connectivity index (χ2n) is 6.31. The van der Waals surface area contributed by atoms with Crippen molar-refractivity contribution in [1.29, 1.82) is 5.26 Å². The molecule has 0 unspecified atom stereocenters. The summed E-state index contributed by atoms with van der Waals surface area (Å²) < 4.78 is 0.